The van der Waals surface area contributed by atoms with E-state index in [0.717, 1.165) is 19.3 Å². The van der Waals surface area contributed by atoms with Crippen molar-refractivity contribution in [1.82, 2.24) is 9.55 Å². The van der Waals surface area contributed by atoms with E-state index < -0.39 is 35.8 Å². The molecule has 0 spiro atoms. The van der Waals surface area contributed by atoms with Crippen LogP contribution in [0.4, 0.5) is 0 Å². The van der Waals surface area contributed by atoms with Gasteiger partial charge in [0.15, 0.2) is 6.23 Å². The number of aliphatic hydroxyl groups is 2. The lowest BCUT2D eigenvalue weighted by Crippen LogP contribution is -2.39. The number of aliphatic hydroxyl groups excluding tert-OH is 2. The number of hydrogen-bond donors (Lipinski definition) is 3. The third kappa shape index (κ3) is 9.73. The fraction of sp³-hybridized carbons (Fsp3) is 0.840. The maximum Gasteiger partial charge on any atom is 0.330 e. The average molecular weight is 469 g/mol. The summed E-state index contributed by atoms with van der Waals surface area (Å²) in [4.78, 5) is 25.6. The number of ether oxygens (including phenoxy) is 2. The normalized spacial score (nSPS) is 22.8. The summed E-state index contributed by atoms with van der Waals surface area (Å²) in [5, 5.41) is 19.9. The van der Waals surface area contributed by atoms with Crippen LogP contribution >= 0.6 is 0 Å². The minimum atomic E-state index is -1.05. The van der Waals surface area contributed by atoms with Gasteiger partial charge < -0.3 is 19.7 Å². The van der Waals surface area contributed by atoms with Crippen LogP contribution in [0.3, 0.4) is 0 Å². The molecule has 0 bridgehead atoms. The van der Waals surface area contributed by atoms with Crippen molar-refractivity contribution in [3.05, 3.63) is 33.1 Å². The van der Waals surface area contributed by atoms with E-state index in [9.17, 15) is 19.8 Å². The SMILES string of the molecule is CCCCCCCCCCCCCCCCOC1C(O)[C@@H](CO)O[C@H]1n1ccc(=O)[nH]c1=O. The number of rotatable bonds is 18. The van der Waals surface area contributed by atoms with E-state index in [1.54, 1.807) is 0 Å². The van der Waals surface area contributed by atoms with Crippen LogP contribution in [-0.4, -0.2) is 51.3 Å². The highest BCUT2D eigenvalue weighted by atomic mass is 16.6. The van der Waals surface area contributed by atoms with Crippen molar-refractivity contribution in [2.75, 3.05) is 13.2 Å². The molecule has 2 unspecified atom stereocenters. The number of aromatic amines is 1. The molecule has 190 valence electrons. The number of hydrogen-bond acceptors (Lipinski definition) is 6. The Balaban J connectivity index is 1.58. The van der Waals surface area contributed by atoms with E-state index in [0.29, 0.717) is 6.61 Å². The van der Waals surface area contributed by atoms with Gasteiger partial charge >= 0.3 is 5.69 Å². The van der Waals surface area contributed by atoms with Crippen LogP contribution < -0.4 is 11.2 Å². The zero-order valence-electron chi connectivity index (χ0n) is 20.3. The standard InChI is InChI=1S/C25H44N2O6/c1-2-3-4-5-6-7-8-9-10-11-12-13-14-15-18-32-23-22(30)20(19-28)33-24(23)27-17-16-21(29)26-25(27)31/h16-17,20,22-24,28,30H,2-15,18-19H2,1H3,(H,26,29,31)/t20-,22?,23?,24-/m1/s1. The molecule has 3 N–H and O–H groups in total. The Morgan fingerprint density at radius 3 is 2.00 bits per heavy atom. The fourth-order valence-electron chi connectivity index (χ4n) is 4.42. The lowest BCUT2D eigenvalue weighted by molar-refractivity contribution is -0.0749. The lowest BCUT2D eigenvalue weighted by Gasteiger charge is -2.22. The predicted molar refractivity (Wildman–Crippen MR) is 128 cm³/mol. The maximum atomic E-state index is 12.1. The highest BCUT2D eigenvalue weighted by Crippen LogP contribution is 2.30. The first-order chi connectivity index (χ1) is 16.1. The van der Waals surface area contributed by atoms with Crippen LogP contribution in [0.25, 0.3) is 0 Å². The van der Waals surface area contributed by atoms with Crippen LogP contribution in [0.2, 0.25) is 0 Å². The van der Waals surface area contributed by atoms with E-state index in [1.807, 2.05) is 0 Å². The summed E-state index contributed by atoms with van der Waals surface area (Å²) >= 11 is 0. The van der Waals surface area contributed by atoms with Gasteiger partial charge in [-0.1, -0.05) is 90.4 Å². The number of nitrogens with zero attached hydrogens (tertiary/aromatic N) is 1. The molecule has 2 rings (SSSR count). The van der Waals surface area contributed by atoms with E-state index in [1.165, 1.54) is 87.5 Å². The summed E-state index contributed by atoms with van der Waals surface area (Å²) in [6, 6.07) is 1.22. The molecule has 8 heteroatoms. The van der Waals surface area contributed by atoms with Gasteiger partial charge in [0.25, 0.3) is 5.56 Å². The highest BCUT2D eigenvalue weighted by Gasteiger charge is 2.45. The fourth-order valence-corrected chi connectivity index (χ4v) is 4.42. The molecule has 4 atom stereocenters. The van der Waals surface area contributed by atoms with Gasteiger partial charge in [0.05, 0.1) is 6.61 Å². The molecule has 1 fully saturated rings. The zero-order chi connectivity index (χ0) is 23.9. The summed E-state index contributed by atoms with van der Waals surface area (Å²) in [6.07, 6.45) is 15.6. The van der Waals surface area contributed by atoms with Crippen molar-refractivity contribution in [1.29, 1.82) is 0 Å². The second-order valence-corrected chi connectivity index (χ2v) is 9.19. The Kier molecular flexibility index (Phi) is 13.6. The molecule has 1 aromatic heterocycles. The van der Waals surface area contributed by atoms with Crippen LogP contribution in [0.5, 0.6) is 0 Å². The molecule has 1 aliphatic heterocycles. The summed E-state index contributed by atoms with van der Waals surface area (Å²) < 4.78 is 12.7. The van der Waals surface area contributed by atoms with Gasteiger partial charge in [-0.15, -0.1) is 0 Å². The quantitative estimate of drug-likeness (QED) is 0.283. The topological polar surface area (TPSA) is 114 Å². The summed E-state index contributed by atoms with van der Waals surface area (Å²) in [7, 11) is 0. The first-order valence-corrected chi connectivity index (χ1v) is 13.0. The third-order valence-corrected chi connectivity index (χ3v) is 6.43. The lowest BCUT2D eigenvalue weighted by atomic mass is 10.0. The second kappa shape index (κ2) is 16.2. The van der Waals surface area contributed by atoms with E-state index in [-0.39, 0.29) is 6.61 Å². The van der Waals surface area contributed by atoms with Gasteiger partial charge in [-0.3, -0.25) is 14.3 Å². The Morgan fingerprint density at radius 1 is 0.939 bits per heavy atom. The Morgan fingerprint density at radius 2 is 1.48 bits per heavy atom. The van der Waals surface area contributed by atoms with Gasteiger partial charge in [0.1, 0.15) is 18.3 Å². The molecule has 0 amide bonds. The third-order valence-electron chi connectivity index (χ3n) is 6.43. The molecule has 1 aromatic rings. The highest BCUT2D eigenvalue weighted by molar-refractivity contribution is 4.94. The van der Waals surface area contributed by atoms with Crippen molar-refractivity contribution in [3.8, 4) is 0 Å². The summed E-state index contributed by atoms with van der Waals surface area (Å²) in [5.74, 6) is 0. The smallest absolute Gasteiger partial charge is 0.330 e. The van der Waals surface area contributed by atoms with Crippen molar-refractivity contribution in [2.45, 2.75) is 121 Å². The molecule has 0 aliphatic carbocycles. The molecule has 0 saturated carbocycles. The molecule has 1 aliphatic rings. The minimum Gasteiger partial charge on any atom is -0.394 e. The van der Waals surface area contributed by atoms with Crippen LogP contribution in [0.15, 0.2) is 21.9 Å². The van der Waals surface area contributed by atoms with Crippen LogP contribution in [0.1, 0.15) is 103 Å². The Hall–Kier alpha value is -1.48. The second-order valence-electron chi connectivity index (χ2n) is 9.19. The van der Waals surface area contributed by atoms with Crippen LogP contribution in [-0.2, 0) is 9.47 Å². The first kappa shape index (κ1) is 27.8. The van der Waals surface area contributed by atoms with E-state index in [4.69, 9.17) is 9.47 Å². The molecule has 1 saturated heterocycles. The number of nitrogens with one attached hydrogen (secondary N) is 1. The Bertz CT molecular complexity index is 749. The van der Waals surface area contributed by atoms with Gasteiger partial charge in [-0.05, 0) is 6.42 Å². The number of unbranched alkanes of at least 4 members (excludes halogenated alkanes) is 13. The molecule has 2 heterocycles. The molecular formula is C25H44N2O6. The first-order valence-electron chi connectivity index (χ1n) is 13.0. The van der Waals surface area contributed by atoms with E-state index in [2.05, 4.69) is 11.9 Å². The van der Waals surface area contributed by atoms with Crippen molar-refractivity contribution < 1.29 is 19.7 Å². The van der Waals surface area contributed by atoms with E-state index >= 15 is 0 Å². The van der Waals surface area contributed by atoms with Gasteiger partial charge in [0, 0.05) is 18.9 Å². The maximum absolute atomic E-state index is 12.1. The largest absolute Gasteiger partial charge is 0.394 e. The average Bonchev–Trinajstić information content (AvgIpc) is 3.11. The van der Waals surface area contributed by atoms with Gasteiger partial charge in [0.2, 0.25) is 0 Å². The molecule has 33 heavy (non-hydrogen) atoms. The van der Waals surface area contributed by atoms with Gasteiger partial charge in [-0.25, -0.2) is 4.79 Å². The minimum absolute atomic E-state index is 0.380. The summed E-state index contributed by atoms with van der Waals surface area (Å²) in [5.41, 5.74) is -1.14. The van der Waals surface area contributed by atoms with Crippen molar-refractivity contribution in [2.24, 2.45) is 0 Å². The molecule has 0 radical (unpaired) electrons. The Labute approximate surface area is 197 Å². The zero-order valence-corrected chi connectivity index (χ0v) is 20.3. The van der Waals surface area contributed by atoms with Crippen LogP contribution in [0, 0.1) is 0 Å². The predicted octanol–water partition coefficient (Wildman–Crippen LogP) is 3.65. The molecule has 8 nitrogen and oxygen atoms in total. The molecular weight excluding hydrogens is 424 g/mol. The molecule has 0 aromatic carbocycles. The summed E-state index contributed by atoms with van der Waals surface area (Å²) in [6.45, 7) is 2.31. The van der Waals surface area contributed by atoms with Crippen molar-refractivity contribution in [3.63, 3.8) is 0 Å². The number of aromatic nitrogens is 2. The van der Waals surface area contributed by atoms with Gasteiger partial charge in [-0.2, -0.15) is 0 Å². The monoisotopic (exact) mass is 468 g/mol. The van der Waals surface area contributed by atoms with Crippen molar-refractivity contribution >= 4 is 0 Å². The number of H-pyrrole nitrogens is 1.